The first-order valence-electron chi connectivity index (χ1n) is 5.82. The molecule has 1 heterocycles. The summed E-state index contributed by atoms with van der Waals surface area (Å²) in [7, 11) is -3.17. The third-order valence-corrected chi connectivity index (χ3v) is 9.49. The molecule has 1 saturated heterocycles. The number of hydrogen-bond acceptors (Lipinski definition) is 2. The zero-order valence-corrected chi connectivity index (χ0v) is 12.1. The molecule has 0 aromatic heterocycles. The smallest absolute Gasteiger partial charge is 0.327 e. The van der Waals surface area contributed by atoms with Crippen molar-refractivity contribution in [3.8, 4) is 0 Å². The average Bonchev–Trinajstić information content (AvgIpc) is 2.02. The maximum Gasteiger partial charge on any atom is 0.327 e. The van der Waals surface area contributed by atoms with Crippen LogP contribution in [0.25, 0.3) is 0 Å². The van der Waals surface area contributed by atoms with Crippen LogP contribution in [-0.2, 0) is 8.54 Å². The van der Waals surface area contributed by atoms with E-state index in [9.17, 15) is 0 Å². The first-order valence-corrected chi connectivity index (χ1v) is 11.5. The second kappa shape index (κ2) is 4.92. The molecule has 1 aliphatic rings. The summed E-state index contributed by atoms with van der Waals surface area (Å²) in [6.45, 7) is 10.00. The van der Waals surface area contributed by atoms with Gasteiger partial charge >= 0.3 is 8.56 Å². The van der Waals surface area contributed by atoms with Crippen LogP contribution in [0, 0.1) is 0 Å². The normalized spacial score (nSPS) is 29.1. The molecule has 84 valence electrons. The Balaban J connectivity index is 2.60. The molecule has 1 atom stereocenters. The zero-order chi connectivity index (χ0) is 10.7. The van der Waals surface area contributed by atoms with Crippen molar-refractivity contribution in [2.24, 2.45) is 0 Å². The molecule has 0 bridgehead atoms. The van der Waals surface area contributed by atoms with Gasteiger partial charge in [0.05, 0.1) is 0 Å². The second-order valence-electron chi connectivity index (χ2n) is 5.18. The summed E-state index contributed by atoms with van der Waals surface area (Å²) in [6.07, 6.45) is 3.75. The van der Waals surface area contributed by atoms with Gasteiger partial charge in [0.2, 0.25) is 0 Å². The highest BCUT2D eigenvalue weighted by molar-refractivity contribution is 6.82. The Labute approximate surface area is 90.4 Å². The Bertz CT molecular complexity index is 166. The molecule has 1 aliphatic heterocycles. The van der Waals surface area contributed by atoms with Crippen molar-refractivity contribution >= 4 is 16.9 Å². The fraction of sp³-hybridized carbons (Fsp3) is 1.00. The molecule has 2 nitrogen and oxygen atoms in total. The van der Waals surface area contributed by atoms with Crippen LogP contribution in [0.4, 0.5) is 0 Å². The van der Waals surface area contributed by atoms with Gasteiger partial charge in [-0.15, -0.1) is 0 Å². The van der Waals surface area contributed by atoms with Gasteiger partial charge in [-0.05, 0) is 44.6 Å². The van der Waals surface area contributed by atoms with Crippen molar-refractivity contribution in [1.29, 1.82) is 0 Å². The predicted molar refractivity (Wildman–Crippen MR) is 65.3 cm³/mol. The van der Waals surface area contributed by atoms with Crippen molar-refractivity contribution in [3.05, 3.63) is 0 Å². The molecular weight excluding hydrogens is 208 g/mol. The van der Waals surface area contributed by atoms with Gasteiger partial charge in [-0.1, -0.05) is 13.3 Å². The fourth-order valence-corrected chi connectivity index (χ4v) is 10.2. The summed E-state index contributed by atoms with van der Waals surface area (Å²) in [5.74, 6) is 0. The molecule has 1 rings (SSSR count). The van der Waals surface area contributed by atoms with Gasteiger partial charge < -0.3 is 8.54 Å². The minimum atomic E-state index is -1.76. The van der Waals surface area contributed by atoms with Crippen molar-refractivity contribution in [3.63, 3.8) is 0 Å². The van der Waals surface area contributed by atoms with Crippen molar-refractivity contribution in [1.82, 2.24) is 0 Å². The van der Waals surface area contributed by atoms with E-state index in [1.807, 2.05) is 0 Å². The quantitative estimate of drug-likeness (QED) is 0.691. The second-order valence-corrected chi connectivity index (χ2v) is 13.3. The van der Waals surface area contributed by atoms with E-state index in [4.69, 9.17) is 8.54 Å². The highest BCUT2D eigenvalue weighted by Gasteiger charge is 2.41. The van der Waals surface area contributed by atoms with Crippen molar-refractivity contribution in [2.75, 3.05) is 6.61 Å². The lowest BCUT2D eigenvalue weighted by molar-refractivity contribution is 0.205. The van der Waals surface area contributed by atoms with E-state index in [0.29, 0.717) is 0 Å². The summed E-state index contributed by atoms with van der Waals surface area (Å²) in [5.41, 5.74) is 0. The monoisotopic (exact) mass is 232 g/mol. The summed E-state index contributed by atoms with van der Waals surface area (Å²) >= 11 is 0. The first kappa shape index (κ1) is 12.4. The van der Waals surface area contributed by atoms with Gasteiger partial charge in [0, 0.05) is 6.61 Å². The Hall–Kier alpha value is 0.354. The maximum absolute atomic E-state index is 6.36. The fourth-order valence-electron chi connectivity index (χ4n) is 2.09. The first-order chi connectivity index (χ1) is 6.47. The minimum Gasteiger partial charge on any atom is -0.436 e. The molecule has 0 aromatic carbocycles. The van der Waals surface area contributed by atoms with E-state index in [-0.39, 0.29) is 0 Å². The molecule has 14 heavy (non-hydrogen) atoms. The lowest BCUT2D eigenvalue weighted by Crippen LogP contribution is -2.51. The molecule has 0 spiro atoms. The van der Waals surface area contributed by atoms with Crippen LogP contribution in [-0.4, -0.2) is 23.5 Å². The van der Waals surface area contributed by atoms with Gasteiger partial charge in [0.15, 0.2) is 8.32 Å². The molecule has 0 aromatic rings. The van der Waals surface area contributed by atoms with E-state index in [1.165, 1.54) is 31.4 Å². The van der Waals surface area contributed by atoms with Gasteiger partial charge in [0.1, 0.15) is 0 Å². The van der Waals surface area contributed by atoms with Crippen LogP contribution in [0.15, 0.2) is 0 Å². The Morgan fingerprint density at radius 1 is 1.29 bits per heavy atom. The topological polar surface area (TPSA) is 18.5 Å². The van der Waals surface area contributed by atoms with Gasteiger partial charge in [-0.2, -0.15) is 0 Å². The molecule has 1 unspecified atom stereocenters. The average molecular weight is 232 g/mol. The van der Waals surface area contributed by atoms with E-state index < -0.39 is 16.9 Å². The van der Waals surface area contributed by atoms with Crippen molar-refractivity contribution in [2.45, 2.75) is 57.9 Å². The minimum absolute atomic E-state index is 0.941. The molecule has 1 fully saturated rings. The third kappa shape index (κ3) is 3.84. The lowest BCUT2D eigenvalue weighted by atomic mass is 10.4. The number of rotatable bonds is 4. The standard InChI is InChI=1S/C10H24O2Si2/c1-5-9-14(12-13(2,3)4)10-7-6-8-11-14/h5-10H2,1-4H3. The molecule has 0 radical (unpaired) electrons. The van der Waals surface area contributed by atoms with Gasteiger partial charge in [0.25, 0.3) is 0 Å². The van der Waals surface area contributed by atoms with E-state index >= 15 is 0 Å². The molecular formula is C10H24O2Si2. The van der Waals surface area contributed by atoms with Crippen LogP contribution in [0.3, 0.4) is 0 Å². The molecule has 4 heteroatoms. The summed E-state index contributed by atoms with van der Waals surface area (Å²) < 4.78 is 12.4. The summed E-state index contributed by atoms with van der Waals surface area (Å²) in [5, 5.41) is 0. The molecule has 0 N–H and O–H groups in total. The SMILES string of the molecule is CCC[Si]1(O[Si](C)(C)C)CCCCO1. The highest BCUT2D eigenvalue weighted by Crippen LogP contribution is 2.30. The van der Waals surface area contributed by atoms with E-state index in [0.717, 1.165) is 6.61 Å². The lowest BCUT2D eigenvalue weighted by Gasteiger charge is -2.39. The largest absolute Gasteiger partial charge is 0.436 e. The van der Waals surface area contributed by atoms with Crippen LogP contribution in [0.1, 0.15) is 26.2 Å². The summed E-state index contributed by atoms with van der Waals surface area (Å²) in [4.78, 5) is 0. The molecule has 0 aliphatic carbocycles. The zero-order valence-electron chi connectivity index (χ0n) is 10.1. The van der Waals surface area contributed by atoms with Crippen molar-refractivity contribution < 1.29 is 8.54 Å². The predicted octanol–water partition coefficient (Wildman–Crippen LogP) is 3.50. The van der Waals surface area contributed by atoms with Crippen LogP contribution in [0.5, 0.6) is 0 Å². The maximum atomic E-state index is 6.36. The molecule has 0 saturated carbocycles. The van der Waals surface area contributed by atoms with Crippen LogP contribution < -0.4 is 0 Å². The number of hydrogen-bond donors (Lipinski definition) is 0. The van der Waals surface area contributed by atoms with Gasteiger partial charge in [-0.25, -0.2) is 0 Å². The Kier molecular flexibility index (Phi) is 4.37. The van der Waals surface area contributed by atoms with E-state index in [2.05, 4.69) is 26.6 Å². The Morgan fingerprint density at radius 2 is 2.00 bits per heavy atom. The van der Waals surface area contributed by atoms with Crippen LogP contribution >= 0.6 is 0 Å². The summed E-state index contributed by atoms with van der Waals surface area (Å²) in [6, 6.07) is 2.42. The van der Waals surface area contributed by atoms with Crippen LogP contribution in [0.2, 0.25) is 31.7 Å². The third-order valence-electron chi connectivity index (χ3n) is 2.44. The van der Waals surface area contributed by atoms with E-state index in [1.54, 1.807) is 0 Å². The highest BCUT2D eigenvalue weighted by atomic mass is 28.4. The molecule has 0 amide bonds. The van der Waals surface area contributed by atoms with Gasteiger partial charge in [-0.3, -0.25) is 0 Å². The Morgan fingerprint density at radius 3 is 2.43 bits per heavy atom.